The van der Waals surface area contributed by atoms with E-state index in [-0.39, 0.29) is 6.04 Å². The third kappa shape index (κ3) is 6.60. The summed E-state index contributed by atoms with van der Waals surface area (Å²) in [7, 11) is 0. The first kappa shape index (κ1) is 22.9. The van der Waals surface area contributed by atoms with Crippen LogP contribution in [0.4, 0.5) is 13.2 Å². The fraction of sp³-hybridized carbons (Fsp3) is 0.682. The van der Waals surface area contributed by atoms with Crippen LogP contribution in [-0.4, -0.2) is 53.8 Å². The molecule has 1 heterocycles. The lowest BCUT2D eigenvalue weighted by Gasteiger charge is -2.33. The number of benzene rings is 1. The van der Waals surface area contributed by atoms with E-state index in [0.717, 1.165) is 70.2 Å². The third-order valence-corrected chi connectivity index (χ3v) is 6.00. The monoisotopic (exact) mass is 426 g/mol. The Morgan fingerprint density at radius 3 is 2.57 bits per heavy atom. The number of likely N-dealkylation sites (tertiary alicyclic amines) is 1. The number of halogens is 3. The van der Waals surface area contributed by atoms with E-state index in [1.54, 1.807) is 6.07 Å². The van der Waals surface area contributed by atoms with Crippen LogP contribution in [0.2, 0.25) is 0 Å². The average molecular weight is 427 g/mol. The zero-order valence-electron chi connectivity index (χ0n) is 17.6. The summed E-state index contributed by atoms with van der Waals surface area (Å²) >= 11 is 0. The largest absolute Gasteiger partial charge is 0.416 e. The molecule has 1 aliphatic heterocycles. The Bertz CT molecular complexity index is 709. The van der Waals surface area contributed by atoms with Gasteiger partial charge in [0.15, 0.2) is 5.96 Å². The van der Waals surface area contributed by atoms with Crippen LogP contribution in [0.15, 0.2) is 29.3 Å². The summed E-state index contributed by atoms with van der Waals surface area (Å²) in [5.74, 6) is 0.731. The minimum Gasteiger partial charge on any atom is -0.388 e. The highest BCUT2D eigenvalue weighted by Crippen LogP contribution is 2.30. The van der Waals surface area contributed by atoms with E-state index in [1.165, 1.54) is 12.1 Å². The van der Waals surface area contributed by atoms with Crippen molar-refractivity contribution in [2.24, 2.45) is 4.99 Å². The molecule has 0 unspecified atom stereocenters. The summed E-state index contributed by atoms with van der Waals surface area (Å²) in [5, 5.41) is 17.2. The first-order chi connectivity index (χ1) is 14.3. The number of alkyl halides is 3. The number of aliphatic hydroxyl groups is 1. The Hall–Kier alpha value is -1.80. The van der Waals surface area contributed by atoms with Gasteiger partial charge in [0.05, 0.1) is 17.7 Å². The average Bonchev–Trinajstić information content (AvgIpc) is 3.14. The van der Waals surface area contributed by atoms with Gasteiger partial charge in [0.1, 0.15) is 0 Å². The minimum absolute atomic E-state index is 0.263. The molecular weight excluding hydrogens is 393 g/mol. The summed E-state index contributed by atoms with van der Waals surface area (Å²) in [5.41, 5.74) is -0.570. The van der Waals surface area contributed by atoms with Gasteiger partial charge >= 0.3 is 6.18 Å². The van der Waals surface area contributed by atoms with Gasteiger partial charge in [0.2, 0.25) is 0 Å². The molecule has 3 rings (SSSR count). The smallest absolute Gasteiger partial charge is 0.388 e. The Labute approximate surface area is 176 Å². The molecule has 0 atom stereocenters. The molecule has 168 valence electrons. The molecule has 3 N–H and O–H groups in total. The molecule has 2 aliphatic rings. The second-order valence-corrected chi connectivity index (χ2v) is 8.52. The zero-order chi connectivity index (χ0) is 21.6. The lowest BCUT2D eigenvalue weighted by atomic mass is 10.0. The van der Waals surface area contributed by atoms with Crippen molar-refractivity contribution in [2.75, 3.05) is 26.2 Å². The molecule has 0 aromatic heterocycles. The van der Waals surface area contributed by atoms with Crippen molar-refractivity contribution in [1.29, 1.82) is 0 Å². The van der Waals surface area contributed by atoms with Crippen LogP contribution in [0.5, 0.6) is 0 Å². The van der Waals surface area contributed by atoms with E-state index in [1.807, 2.05) is 6.92 Å². The number of nitrogens with one attached hydrogen (secondary N) is 2. The number of aliphatic imine (C=N–C) groups is 1. The van der Waals surface area contributed by atoms with E-state index in [4.69, 9.17) is 0 Å². The van der Waals surface area contributed by atoms with Crippen LogP contribution >= 0.6 is 0 Å². The zero-order valence-corrected chi connectivity index (χ0v) is 17.6. The Morgan fingerprint density at radius 2 is 1.93 bits per heavy atom. The van der Waals surface area contributed by atoms with E-state index in [2.05, 4.69) is 20.5 Å². The summed E-state index contributed by atoms with van der Waals surface area (Å²) in [6.07, 6.45) is 1.22. The van der Waals surface area contributed by atoms with Crippen molar-refractivity contribution in [1.82, 2.24) is 15.5 Å². The number of rotatable bonds is 6. The predicted molar refractivity (Wildman–Crippen MR) is 112 cm³/mol. The van der Waals surface area contributed by atoms with Gasteiger partial charge in [-0.2, -0.15) is 13.2 Å². The third-order valence-electron chi connectivity index (χ3n) is 6.00. The number of piperidine rings is 1. The van der Waals surface area contributed by atoms with Gasteiger partial charge in [-0.1, -0.05) is 31.0 Å². The van der Waals surface area contributed by atoms with E-state index in [9.17, 15) is 18.3 Å². The van der Waals surface area contributed by atoms with Crippen LogP contribution in [-0.2, 0) is 12.7 Å². The highest BCUT2D eigenvalue weighted by molar-refractivity contribution is 5.80. The van der Waals surface area contributed by atoms with Crippen molar-refractivity contribution >= 4 is 5.96 Å². The Morgan fingerprint density at radius 1 is 1.23 bits per heavy atom. The fourth-order valence-corrected chi connectivity index (χ4v) is 4.27. The maximum absolute atomic E-state index is 12.9. The molecule has 2 fully saturated rings. The number of hydrogen-bond donors (Lipinski definition) is 3. The van der Waals surface area contributed by atoms with Gasteiger partial charge in [0.25, 0.3) is 0 Å². The van der Waals surface area contributed by atoms with Crippen LogP contribution in [0.3, 0.4) is 0 Å². The highest BCUT2D eigenvalue weighted by atomic mass is 19.4. The van der Waals surface area contributed by atoms with Gasteiger partial charge in [-0.25, -0.2) is 0 Å². The quantitative estimate of drug-likeness (QED) is 0.481. The molecule has 30 heavy (non-hydrogen) atoms. The van der Waals surface area contributed by atoms with E-state index >= 15 is 0 Å². The van der Waals surface area contributed by atoms with Gasteiger partial charge in [0, 0.05) is 32.2 Å². The standard InChI is InChI=1S/C22H33F3N4O/c1-2-26-20(27-16-21(30)10-3-4-11-21)28-19-8-12-29(13-9-19)15-17-6-5-7-18(14-17)22(23,24)25/h5-7,14,19,30H,2-4,8-13,15-16H2,1H3,(H2,26,27,28). The molecule has 1 aliphatic carbocycles. The number of hydrogen-bond acceptors (Lipinski definition) is 3. The number of nitrogens with zero attached hydrogens (tertiary/aromatic N) is 2. The summed E-state index contributed by atoms with van der Waals surface area (Å²) in [6, 6.07) is 5.85. The first-order valence-corrected chi connectivity index (χ1v) is 10.9. The molecule has 0 radical (unpaired) electrons. The Balaban J connectivity index is 1.49. The molecule has 0 bridgehead atoms. The van der Waals surface area contributed by atoms with Gasteiger partial charge in [-0.05, 0) is 44.2 Å². The maximum atomic E-state index is 12.9. The normalized spacial score (nSPS) is 21.0. The van der Waals surface area contributed by atoms with Gasteiger partial charge in [-0.3, -0.25) is 9.89 Å². The molecule has 0 amide bonds. The SMILES string of the molecule is CCNC(=NCC1(O)CCCC1)NC1CCN(Cc2cccc(C(F)(F)F)c2)CC1. The van der Waals surface area contributed by atoms with Gasteiger partial charge < -0.3 is 15.7 Å². The first-order valence-electron chi connectivity index (χ1n) is 10.9. The number of guanidine groups is 1. The minimum atomic E-state index is -4.30. The molecule has 1 saturated heterocycles. The summed E-state index contributed by atoms with van der Waals surface area (Å²) in [4.78, 5) is 6.80. The topological polar surface area (TPSA) is 59.9 Å². The molecule has 1 saturated carbocycles. The van der Waals surface area contributed by atoms with Crippen LogP contribution < -0.4 is 10.6 Å². The fourth-order valence-electron chi connectivity index (χ4n) is 4.27. The Kier molecular flexibility index (Phi) is 7.63. The van der Waals surface area contributed by atoms with Gasteiger partial charge in [-0.15, -0.1) is 0 Å². The van der Waals surface area contributed by atoms with Crippen molar-refractivity contribution in [3.05, 3.63) is 35.4 Å². The van der Waals surface area contributed by atoms with Crippen molar-refractivity contribution < 1.29 is 18.3 Å². The second kappa shape index (κ2) is 10.0. The molecule has 0 spiro atoms. The van der Waals surface area contributed by atoms with Crippen LogP contribution in [0, 0.1) is 0 Å². The van der Waals surface area contributed by atoms with Crippen molar-refractivity contribution in [3.8, 4) is 0 Å². The van der Waals surface area contributed by atoms with E-state index in [0.29, 0.717) is 18.7 Å². The van der Waals surface area contributed by atoms with Crippen LogP contribution in [0.1, 0.15) is 56.6 Å². The van der Waals surface area contributed by atoms with Crippen molar-refractivity contribution in [2.45, 2.75) is 69.8 Å². The summed E-state index contributed by atoms with van der Waals surface area (Å²) in [6.45, 7) is 5.33. The van der Waals surface area contributed by atoms with E-state index < -0.39 is 17.3 Å². The van der Waals surface area contributed by atoms with Crippen molar-refractivity contribution in [3.63, 3.8) is 0 Å². The molecule has 1 aromatic carbocycles. The second-order valence-electron chi connectivity index (χ2n) is 8.52. The molecular formula is C22H33F3N4O. The predicted octanol–water partition coefficient (Wildman–Crippen LogP) is 3.53. The molecule has 8 heteroatoms. The van der Waals surface area contributed by atoms with Crippen LogP contribution in [0.25, 0.3) is 0 Å². The summed E-state index contributed by atoms with van der Waals surface area (Å²) < 4.78 is 38.7. The highest BCUT2D eigenvalue weighted by Gasteiger charge is 2.32. The molecule has 5 nitrogen and oxygen atoms in total. The maximum Gasteiger partial charge on any atom is 0.416 e. The lowest BCUT2D eigenvalue weighted by molar-refractivity contribution is -0.137. The molecule has 1 aromatic rings. The lowest BCUT2D eigenvalue weighted by Crippen LogP contribution is -2.49.